The molecule has 0 aliphatic heterocycles. The second-order valence-corrected chi connectivity index (χ2v) is 8.63. The van der Waals surface area contributed by atoms with Gasteiger partial charge in [0.2, 0.25) is 0 Å². The van der Waals surface area contributed by atoms with Crippen molar-refractivity contribution in [2.45, 2.75) is 76.0 Å². The second kappa shape index (κ2) is 12.4. The normalized spacial score (nSPS) is 14.4. The maximum absolute atomic E-state index is 5.73. The van der Waals surface area contributed by atoms with Gasteiger partial charge in [-0.05, 0) is 85.7 Å². The van der Waals surface area contributed by atoms with Gasteiger partial charge in [-0.1, -0.05) is 74.2 Å². The van der Waals surface area contributed by atoms with E-state index >= 15 is 0 Å². The lowest BCUT2D eigenvalue weighted by molar-refractivity contribution is 0.333. The number of aryl methyl sites for hydroxylation is 1. The van der Waals surface area contributed by atoms with E-state index in [4.69, 9.17) is 11.5 Å². The van der Waals surface area contributed by atoms with Gasteiger partial charge in [0.15, 0.2) is 0 Å². The minimum atomic E-state index is 0. The minimum Gasteiger partial charge on any atom is -0.330 e. The Labute approximate surface area is 183 Å². The monoisotopic (exact) mass is 414 g/mol. The zero-order valence-electron chi connectivity index (χ0n) is 17.9. The Hall–Kier alpha value is -1.35. The molecule has 0 fully saturated rings. The van der Waals surface area contributed by atoms with Crippen LogP contribution in [0.15, 0.2) is 48.5 Å². The van der Waals surface area contributed by atoms with Crippen molar-refractivity contribution in [2.24, 2.45) is 11.5 Å². The first-order chi connectivity index (χ1) is 13.8. The van der Waals surface area contributed by atoms with Crippen molar-refractivity contribution in [2.75, 3.05) is 13.1 Å². The van der Waals surface area contributed by atoms with Crippen LogP contribution in [-0.4, -0.2) is 13.1 Å². The van der Waals surface area contributed by atoms with Gasteiger partial charge >= 0.3 is 0 Å². The number of rotatable bonds is 12. The summed E-state index contributed by atoms with van der Waals surface area (Å²) in [5, 5.41) is 0. The van der Waals surface area contributed by atoms with Crippen LogP contribution in [0.1, 0.15) is 80.0 Å². The number of hydrogen-bond acceptors (Lipinski definition) is 2. The molecule has 3 heteroatoms. The Morgan fingerprint density at radius 1 is 0.724 bits per heavy atom. The predicted molar refractivity (Wildman–Crippen MR) is 128 cm³/mol. The van der Waals surface area contributed by atoms with E-state index < -0.39 is 0 Å². The molecule has 0 saturated heterocycles. The number of benzene rings is 2. The van der Waals surface area contributed by atoms with Gasteiger partial charge in [0.05, 0.1) is 0 Å². The van der Waals surface area contributed by atoms with Crippen molar-refractivity contribution in [3.63, 3.8) is 0 Å². The summed E-state index contributed by atoms with van der Waals surface area (Å²) in [6.07, 6.45) is 13.7. The molecule has 0 bridgehead atoms. The summed E-state index contributed by atoms with van der Waals surface area (Å²) in [5.41, 5.74) is 17.9. The molecule has 1 aliphatic rings. The fourth-order valence-corrected chi connectivity index (χ4v) is 5.00. The molecule has 2 aromatic carbocycles. The lowest BCUT2D eigenvalue weighted by Crippen LogP contribution is -2.23. The van der Waals surface area contributed by atoms with E-state index in [2.05, 4.69) is 48.5 Å². The molecule has 3 rings (SSSR count). The molecular weight excluding hydrogens is 376 g/mol. The third kappa shape index (κ3) is 6.57. The molecule has 0 spiro atoms. The topological polar surface area (TPSA) is 52.0 Å². The Morgan fingerprint density at radius 2 is 1.38 bits per heavy atom. The van der Waals surface area contributed by atoms with Gasteiger partial charge in [-0.25, -0.2) is 0 Å². The maximum atomic E-state index is 5.73. The van der Waals surface area contributed by atoms with Gasteiger partial charge in [-0.15, -0.1) is 12.4 Å². The zero-order valence-corrected chi connectivity index (χ0v) is 18.7. The number of nitrogens with two attached hydrogens (primary N) is 2. The predicted octanol–water partition coefficient (Wildman–Crippen LogP) is 5.92. The van der Waals surface area contributed by atoms with E-state index in [1.807, 2.05) is 0 Å². The van der Waals surface area contributed by atoms with Crippen LogP contribution in [0, 0.1) is 0 Å². The first-order valence-corrected chi connectivity index (χ1v) is 11.3. The minimum absolute atomic E-state index is 0. The van der Waals surface area contributed by atoms with Gasteiger partial charge in [0.25, 0.3) is 0 Å². The smallest absolute Gasteiger partial charge is 0.00257 e. The molecule has 29 heavy (non-hydrogen) atoms. The Kier molecular flexibility index (Phi) is 10.2. The standard InChI is InChI=1S/C26H38N2.ClH/c27-18-8-2-6-15-26(16-7-3-9-19-28)17-14-24-13-12-23(21-25(24)26)20-22-10-4-1-5-11-22;/h1,4-5,10-13,21H,2-3,6-9,14-20,27-28H2;1H. The highest BCUT2D eigenvalue weighted by atomic mass is 35.5. The number of unbranched alkanes of at least 4 members (excludes halogenated alkanes) is 4. The van der Waals surface area contributed by atoms with E-state index in [0.717, 1.165) is 32.4 Å². The summed E-state index contributed by atoms with van der Waals surface area (Å²) in [4.78, 5) is 0. The van der Waals surface area contributed by atoms with Crippen molar-refractivity contribution >= 4 is 12.4 Å². The van der Waals surface area contributed by atoms with E-state index in [1.165, 1.54) is 62.5 Å². The van der Waals surface area contributed by atoms with Gasteiger partial charge < -0.3 is 11.5 Å². The average Bonchev–Trinajstić information content (AvgIpc) is 3.08. The lowest BCUT2D eigenvalue weighted by Gasteiger charge is -2.31. The highest BCUT2D eigenvalue weighted by Crippen LogP contribution is 2.46. The molecule has 0 unspecified atom stereocenters. The van der Waals surface area contributed by atoms with Crippen molar-refractivity contribution < 1.29 is 0 Å². The number of halogens is 1. The van der Waals surface area contributed by atoms with Gasteiger partial charge in [0, 0.05) is 0 Å². The van der Waals surface area contributed by atoms with Crippen molar-refractivity contribution in [1.82, 2.24) is 0 Å². The van der Waals surface area contributed by atoms with E-state index in [-0.39, 0.29) is 12.4 Å². The molecule has 0 amide bonds. The largest absolute Gasteiger partial charge is 0.330 e. The summed E-state index contributed by atoms with van der Waals surface area (Å²) in [7, 11) is 0. The highest BCUT2D eigenvalue weighted by Gasteiger charge is 2.37. The first kappa shape index (κ1) is 23.9. The van der Waals surface area contributed by atoms with E-state index in [1.54, 1.807) is 11.1 Å². The van der Waals surface area contributed by atoms with Gasteiger partial charge in [-0.3, -0.25) is 0 Å². The van der Waals surface area contributed by atoms with Crippen molar-refractivity contribution in [1.29, 1.82) is 0 Å². The van der Waals surface area contributed by atoms with Crippen LogP contribution in [0.4, 0.5) is 0 Å². The van der Waals surface area contributed by atoms with Crippen LogP contribution < -0.4 is 11.5 Å². The fourth-order valence-electron chi connectivity index (χ4n) is 5.00. The fraction of sp³-hybridized carbons (Fsp3) is 0.538. The molecule has 4 N–H and O–H groups in total. The van der Waals surface area contributed by atoms with Crippen molar-refractivity contribution in [3.8, 4) is 0 Å². The molecule has 2 aromatic rings. The molecule has 0 saturated carbocycles. The molecule has 0 heterocycles. The molecule has 0 radical (unpaired) electrons. The summed E-state index contributed by atoms with van der Waals surface area (Å²) in [6, 6.07) is 18.2. The van der Waals surface area contributed by atoms with Crippen LogP contribution in [0.3, 0.4) is 0 Å². The lowest BCUT2D eigenvalue weighted by atomic mass is 9.73. The maximum Gasteiger partial charge on any atom is -0.00257 e. The third-order valence-electron chi connectivity index (χ3n) is 6.59. The van der Waals surface area contributed by atoms with Crippen LogP contribution in [0.25, 0.3) is 0 Å². The van der Waals surface area contributed by atoms with E-state index in [9.17, 15) is 0 Å². The molecule has 1 aliphatic carbocycles. The van der Waals surface area contributed by atoms with Crippen LogP contribution in [-0.2, 0) is 18.3 Å². The van der Waals surface area contributed by atoms with Crippen LogP contribution in [0.5, 0.6) is 0 Å². The summed E-state index contributed by atoms with van der Waals surface area (Å²) < 4.78 is 0. The van der Waals surface area contributed by atoms with E-state index in [0.29, 0.717) is 5.41 Å². The Bertz CT molecular complexity index is 702. The Balaban J connectivity index is 0.00000300. The quantitative estimate of drug-likeness (QED) is 0.423. The molecule has 160 valence electrons. The van der Waals surface area contributed by atoms with Crippen molar-refractivity contribution in [3.05, 3.63) is 70.8 Å². The summed E-state index contributed by atoms with van der Waals surface area (Å²) in [6.45, 7) is 1.64. The second-order valence-electron chi connectivity index (χ2n) is 8.63. The summed E-state index contributed by atoms with van der Waals surface area (Å²) >= 11 is 0. The summed E-state index contributed by atoms with van der Waals surface area (Å²) in [5.74, 6) is 0. The SMILES string of the molecule is Cl.NCCCCCC1(CCCCCN)CCc2ccc(Cc3ccccc3)cc21. The first-order valence-electron chi connectivity index (χ1n) is 11.3. The highest BCUT2D eigenvalue weighted by molar-refractivity contribution is 5.85. The number of fused-ring (bicyclic) bond motifs is 1. The van der Waals surface area contributed by atoms with Gasteiger partial charge in [0.1, 0.15) is 0 Å². The molecule has 2 nitrogen and oxygen atoms in total. The van der Waals surface area contributed by atoms with Crippen LogP contribution in [0.2, 0.25) is 0 Å². The Morgan fingerprint density at radius 3 is 2.00 bits per heavy atom. The molecule has 0 atom stereocenters. The molecular formula is C26H39ClN2. The van der Waals surface area contributed by atoms with Crippen LogP contribution >= 0.6 is 12.4 Å². The third-order valence-corrected chi connectivity index (χ3v) is 6.59. The van der Waals surface area contributed by atoms with Gasteiger partial charge in [-0.2, -0.15) is 0 Å². The number of hydrogen-bond donors (Lipinski definition) is 2. The molecule has 0 aromatic heterocycles. The average molecular weight is 415 g/mol. The zero-order chi connectivity index (χ0) is 19.7.